The van der Waals surface area contributed by atoms with E-state index in [-0.39, 0.29) is 21.2 Å². The molecule has 1 rings (SSSR count). The van der Waals surface area contributed by atoms with Crippen molar-refractivity contribution in [2.75, 3.05) is 19.0 Å². The summed E-state index contributed by atoms with van der Waals surface area (Å²) in [7, 11) is 4.30. The van der Waals surface area contributed by atoms with Gasteiger partial charge in [0.15, 0.2) is 0 Å². The second-order valence-corrected chi connectivity index (χ2v) is 6.54. The maximum absolute atomic E-state index is 2.37. The Hall–Kier alpha value is -0.0900. The number of aryl methyl sites for hydroxylation is 1. The van der Waals surface area contributed by atoms with Crippen LogP contribution >= 0.6 is 0 Å². The molecule has 0 radical (unpaired) electrons. The molecule has 0 aliphatic carbocycles. The SMILES string of the molecule is C[I-]c1cc(C)ccc1C[C@@H](C)N(C)C. The fraction of sp³-hybridized carbons (Fsp3) is 0.538. The Morgan fingerprint density at radius 3 is 2.53 bits per heavy atom. The fourth-order valence-corrected chi connectivity index (χ4v) is 3.39. The molecule has 0 amide bonds. The fourth-order valence-electron chi connectivity index (χ4n) is 1.49. The van der Waals surface area contributed by atoms with E-state index >= 15 is 0 Å². The van der Waals surface area contributed by atoms with Gasteiger partial charge in [0.05, 0.1) is 0 Å². The topological polar surface area (TPSA) is 3.24 Å². The summed E-state index contributed by atoms with van der Waals surface area (Å²) in [6, 6.07) is 7.54. The van der Waals surface area contributed by atoms with Crippen LogP contribution in [-0.2, 0) is 6.42 Å². The van der Waals surface area contributed by atoms with Gasteiger partial charge in [0, 0.05) is 0 Å². The molecule has 0 aliphatic rings. The number of hydrogen-bond donors (Lipinski definition) is 0. The third-order valence-electron chi connectivity index (χ3n) is 2.81. The van der Waals surface area contributed by atoms with Gasteiger partial charge in [-0.3, -0.25) is 0 Å². The Kier molecular flexibility index (Phi) is 5.06. The van der Waals surface area contributed by atoms with Crippen molar-refractivity contribution in [3.63, 3.8) is 0 Å². The molecular formula is C13H21IN-. The summed E-state index contributed by atoms with van der Waals surface area (Å²) in [6.07, 6.45) is 1.18. The van der Waals surface area contributed by atoms with Gasteiger partial charge < -0.3 is 0 Å². The predicted molar refractivity (Wildman–Crippen MR) is 62.7 cm³/mol. The third kappa shape index (κ3) is 3.76. The van der Waals surface area contributed by atoms with Crippen LogP contribution in [0.25, 0.3) is 0 Å². The van der Waals surface area contributed by atoms with E-state index in [0.717, 1.165) is 0 Å². The second-order valence-electron chi connectivity index (χ2n) is 4.30. The van der Waals surface area contributed by atoms with Crippen molar-refractivity contribution in [2.24, 2.45) is 0 Å². The van der Waals surface area contributed by atoms with E-state index in [1.54, 1.807) is 9.13 Å². The van der Waals surface area contributed by atoms with Gasteiger partial charge in [-0.15, -0.1) is 0 Å². The van der Waals surface area contributed by atoms with E-state index in [2.05, 4.69) is 56.0 Å². The van der Waals surface area contributed by atoms with Crippen molar-refractivity contribution in [1.29, 1.82) is 0 Å². The first-order chi connectivity index (χ1) is 7.04. The van der Waals surface area contributed by atoms with Gasteiger partial charge in [-0.2, -0.15) is 0 Å². The number of hydrogen-bond acceptors (Lipinski definition) is 1. The zero-order chi connectivity index (χ0) is 11.4. The Balaban J connectivity index is 2.84. The average molecular weight is 318 g/mol. The van der Waals surface area contributed by atoms with Crippen molar-refractivity contribution in [2.45, 2.75) is 26.3 Å². The molecule has 1 aromatic rings. The number of likely N-dealkylation sites (N-methyl/N-ethyl adjacent to an activating group) is 1. The predicted octanol–water partition coefficient (Wildman–Crippen LogP) is -0.624. The zero-order valence-electron chi connectivity index (χ0n) is 10.3. The normalized spacial score (nSPS) is 13.5. The molecule has 86 valence electrons. The minimum absolute atomic E-state index is 0.201. The molecule has 0 heterocycles. The quantitative estimate of drug-likeness (QED) is 0.528. The number of nitrogens with zero attached hydrogens (tertiary/aromatic N) is 1. The summed E-state index contributed by atoms with van der Waals surface area (Å²) in [5.41, 5.74) is 2.95. The monoisotopic (exact) mass is 318 g/mol. The second kappa shape index (κ2) is 5.85. The number of alkyl halides is 1. The van der Waals surface area contributed by atoms with E-state index in [9.17, 15) is 0 Å². The molecule has 0 spiro atoms. The molecular weight excluding hydrogens is 297 g/mol. The van der Waals surface area contributed by atoms with Crippen LogP contribution in [0.15, 0.2) is 18.2 Å². The molecule has 15 heavy (non-hydrogen) atoms. The summed E-state index contributed by atoms with van der Waals surface area (Å²) in [6.45, 7) is 4.47. The van der Waals surface area contributed by atoms with Gasteiger partial charge in [0.25, 0.3) is 0 Å². The molecule has 2 heteroatoms. The van der Waals surface area contributed by atoms with E-state index in [1.165, 1.54) is 12.0 Å². The Labute approximate surface area is 104 Å². The van der Waals surface area contributed by atoms with Crippen LogP contribution in [0.3, 0.4) is 0 Å². The molecule has 0 bridgehead atoms. The summed E-state index contributed by atoms with van der Waals surface area (Å²) < 4.78 is 1.61. The average Bonchev–Trinajstić information content (AvgIpc) is 2.20. The van der Waals surface area contributed by atoms with Crippen LogP contribution in [0.1, 0.15) is 18.1 Å². The van der Waals surface area contributed by atoms with Crippen LogP contribution in [0.4, 0.5) is 0 Å². The van der Waals surface area contributed by atoms with Gasteiger partial charge in [-0.1, -0.05) is 0 Å². The molecule has 0 saturated heterocycles. The summed E-state index contributed by atoms with van der Waals surface area (Å²) in [5.74, 6) is 0. The number of rotatable bonds is 4. The van der Waals surface area contributed by atoms with Crippen LogP contribution in [0.5, 0.6) is 0 Å². The first kappa shape index (κ1) is 13.0. The molecule has 0 aromatic heterocycles. The molecule has 0 saturated carbocycles. The van der Waals surface area contributed by atoms with E-state index < -0.39 is 0 Å². The van der Waals surface area contributed by atoms with Gasteiger partial charge in [-0.05, 0) is 0 Å². The molecule has 1 atom stereocenters. The standard InChI is InChI=1S/C13H21IN/c1-10-6-7-12(13(8-10)14-3)9-11(2)15(4)5/h6-8,11H,9H2,1-5H3/q-1/t11-/m1/s1. The van der Waals surface area contributed by atoms with Crippen molar-refractivity contribution < 1.29 is 21.2 Å². The molecule has 1 aromatic carbocycles. The first-order valence-corrected chi connectivity index (χ1v) is 8.53. The van der Waals surface area contributed by atoms with Gasteiger partial charge in [-0.25, -0.2) is 0 Å². The number of benzene rings is 1. The molecule has 0 aliphatic heterocycles. The van der Waals surface area contributed by atoms with Crippen molar-refractivity contribution in [3.05, 3.63) is 32.9 Å². The zero-order valence-corrected chi connectivity index (χ0v) is 12.5. The Bertz CT molecular complexity index is 320. The van der Waals surface area contributed by atoms with Crippen LogP contribution in [-0.4, -0.2) is 30.0 Å². The summed E-state index contributed by atoms with van der Waals surface area (Å²) >= 11 is 0.201. The molecule has 0 N–H and O–H groups in total. The van der Waals surface area contributed by atoms with Gasteiger partial charge in [0.2, 0.25) is 0 Å². The van der Waals surface area contributed by atoms with Crippen LogP contribution < -0.4 is 21.2 Å². The summed E-state index contributed by atoms with van der Waals surface area (Å²) in [4.78, 5) is 4.63. The minimum atomic E-state index is 0.201. The van der Waals surface area contributed by atoms with Crippen molar-refractivity contribution in [1.82, 2.24) is 4.90 Å². The van der Waals surface area contributed by atoms with Crippen LogP contribution in [0, 0.1) is 10.5 Å². The molecule has 1 nitrogen and oxygen atoms in total. The van der Waals surface area contributed by atoms with Gasteiger partial charge >= 0.3 is 104 Å². The molecule has 0 fully saturated rings. The van der Waals surface area contributed by atoms with E-state index in [0.29, 0.717) is 6.04 Å². The first-order valence-electron chi connectivity index (χ1n) is 5.30. The van der Waals surface area contributed by atoms with Crippen molar-refractivity contribution in [3.8, 4) is 0 Å². The Morgan fingerprint density at radius 1 is 1.33 bits per heavy atom. The molecule has 0 unspecified atom stereocenters. The Morgan fingerprint density at radius 2 is 2.00 bits per heavy atom. The van der Waals surface area contributed by atoms with Gasteiger partial charge in [0.1, 0.15) is 0 Å². The maximum atomic E-state index is 2.37. The van der Waals surface area contributed by atoms with E-state index in [1.807, 2.05) is 0 Å². The third-order valence-corrected chi connectivity index (χ3v) is 4.98. The van der Waals surface area contributed by atoms with Crippen LogP contribution in [0.2, 0.25) is 0 Å². The number of halogens is 1. The van der Waals surface area contributed by atoms with E-state index in [4.69, 9.17) is 0 Å². The summed E-state index contributed by atoms with van der Waals surface area (Å²) in [5, 5.41) is 0. The van der Waals surface area contributed by atoms with Crippen molar-refractivity contribution >= 4 is 0 Å².